The van der Waals surface area contributed by atoms with Crippen LogP contribution in [0.4, 0.5) is 0 Å². The normalized spacial score (nSPS) is 12.3. The SMILES string of the molecule is CCC/C=C(C)\C=C\c1ccccc1. The number of benzene rings is 1. The Morgan fingerprint density at radius 3 is 2.57 bits per heavy atom. The summed E-state index contributed by atoms with van der Waals surface area (Å²) in [5.41, 5.74) is 2.60. The second-order valence-corrected chi connectivity index (χ2v) is 3.48. The number of allylic oxidation sites excluding steroid dienone is 3. The van der Waals surface area contributed by atoms with E-state index < -0.39 is 0 Å². The Hall–Kier alpha value is -1.30. The van der Waals surface area contributed by atoms with Gasteiger partial charge in [-0.3, -0.25) is 0 Å². The molecule has 14 heavy (non-hydrogen) atoms. The molecule has 0 fully saturated rings. The highest BCUT2D eigenvalue weighted by atomic mass is 13.9. The molecule has 0 amide bonds. The summed E-state index contributed by atoms with van der Waals surface area (Å²) in [6.07, 6.45) is 8.99. The van der Waals surface area contributed by atoms with Crippen molar-refractivity contribution in [2.75, 3.05) is 0 Å². The van der Waals surface area contributed by atoms with E-state index in [9.17, 15) is 0 Å². The van der Waals surface area contributed by atoms with Crippen molar-refractivity contribution < 1.29 is 0 Å². The van der Waals surface area contributed by atoms with Gasteiger partial charge in [-0.15, -0.1) is 0 Å². The highest BCUT2D eigenvalue weighted by molar-refractivity contribution is 5.52. The lowest BCUT2D eigenvalue weighted by Crippen LogP contribution is -1.72. The van der Waals surface area contributed by atoms with E-state index in [0.29, 0.717) is 0 Å². The quantitative estimate of drug-likeness (QED) is 0.609. The Morgan fingerprint density at radius 2 is 1.93 bits per heavy atom. The van der Waals surface area contributed by atoms with Crippen LogP contribution in [0.1, 0.15) is 32.3 Å². The molecular weight excluding hydrogens is 168 g/mol. The van der Waals surface area contributed by atoms with E-state index in [2.05, 4.69) is 56.3 Å². The van der Waals surface area contributed by atoms with Gasteiger partial charge in [0, 0.05) is 0 Å². The van der Waals surface area contributed by atoms with E-state index in [-0.39, 0.29) is 0 Å². The molecule has 0 heterocycles. The fraction of sp³-hybridized carbons (Fsp3) is 0.286. The highest BCUT2D eigenvalue weighted by Crippen LogP contribution is 2.05. The van der Waals surface area contributed by atoms with E-state index in [4.69, 9.17) is 0 Å². The molecule has 0 aliphatic rings. The second kappa shape index (κ2) is 6.20. The van der Waals surface area contributed by atoms with Crippen molar-refractivity contribution in [3.63, 3.8) is 0 Å². The van der Waals surface area contributed by atoms with Gasteiger partial charge in [-0.25, -0.2) is 0 Å². The lowest BCUT2D eigenvalue weighted by Gasteiger charge is -1.93. The molecule has 0 spiro atoms. The van der Waals surface area contributed by atoms with Crippen molar-refractivity contribution in [1.82, 2.24) is 0 Å². The van der Waals surface area contributed by atoms with Gasteiger partial charge >= 0.3 is 0 Å². The van der Waals surface area contributed by atoms with Crippen LogP contribution in [0.3, 0.4) is 0 Å². The van der Waals surface area contributed by atoms with Gasteiger partial charge in [0.25, 0.3) is 0 Å². The van der Waals surface area contributed by atoms with E-state index >= 15 is 0 Å². The molecule has 74 valence electrons. The van der Waals surface area contributed by atoms with Crippen LogP contribution in [0, 0.1) is 0 Å². The smallest absolute Gasteiger partial charge is 0.0257 e. The van der Waals surface area contributed by atoms with Gasteiger partial charge in [-0.05, 0) is 18.9 Å². The van der Waals surface area contributed by atoms with E-state index in [1.807, 2.05) is 6.07 Å². The Labute approximate surface area is 87.0 Å². The minimum absolute atomic E-state index is 1.17. The third-order valence-corrected chi connectivity index (χ3v) is 2.09. The summed E-state index contributed by atoms with van der Waals surface area (Å²) in [7, 11) is 0. The van der Waals surface area contributed by atoms with Crippen LogP contribution in [0.2, 0.25) is 0 Å². The highest BCUT2D eigenvalue weighted by Gasteiger charge is 1.84. The maximum Gasteiger partial charge on any atom is -0.0257 e. The number of hydrogen-bond donors (Lipinski definition) is 0. The lowest BCUT2D eigenvalue weighted by atomic mass is 10.1. The van der Waals surface area contributed by atoms with Crippen LogP contribution in [-0.2, 0) is 0 Å². The van der Waals surface area contributed by atoms with Crippen LogP contribution in [0.15, 0.2) is 48.1 Å². The van der Waals surface area contributed by atoms with Gasteiger partial charge in [-0.2, -0.15) is 0 Å². The largest absolute Gasteiger partial charge is 0.0816 e. The van der Waals surface area contributed by atoms with Gasteiger partial charge in [0.1, 0.15) is 0 Å². The van der Waals surface area contributed by atoms with Gasteiger partial charge in [0.05, 0.1) is 0 Å². The molecule has 1 aromatic rings. The minimum Gasteiger partial charge on any atom is -0.0816 e. The molecule has 0 saturated carbocycles. The summed E-state index contributed by atoms with van der Waals surface area (Å²) in [4.78, 5) is 0. The Balaban J connectivity index is 2.56. The first-order valence-corrected chi connectivity index (χ1v) is 5.23. The number of hydrogen-bond acceptors (Lipinski definition) is 0. The summed E-state index contributed by atoms with van der Waals surface area (Å²) in [5.74, 6) is 0. The molecule has 1 aromatic carbocycles. The summed E-state index contributed by atoms with van der Waals surface area (Å²) in [6.45, 7) is 4.35. The maximum atomic E-state index is 2.28. The Morgan fingerprint density at radius 1 is 1.21 bits per heavy atom. The first kappa shape index (κ1) is 10.8. The van der Waals surface area contributed by atoms with Crippen molar-refractivity contribution in [2.45, 2.75) is 26.7 Å². The Bertz CT molecular complexity index is 304. The average molecular weight is 186 g/mol. The van der Waals surface area contributed by atoms with E-state index in [1.54, 1.807) is 0 Å². The monoisotopic (exact) mass is 186 g/mol. The first-order valence-electron chi connectivity index (χ1n) is 5.23. The van der Waals surface area contributed by atoms with Crippen LogP contribution < -0.4 is 0 Å². The molecule has 0 saturated heterocycles. The molecule has 0 aliphatic heterocycles. The lowest BCUT2D eigenvalue weighted by molar-refractivity contribution is 0.952. The summed E-state index contributed by atoms with van der Waals surface area (Å²) >= 11 is 0. The maximum absolute atomic E-state index is 2.28. The molecule has 0 nitrogen and oxygen atoms in total. The number of rotatable bonds is 4. The summed E-state index contributed by atoms with van der Waals surface area (Å²) in [5, 5.41) is 0. The van der Waals surface area contributed by atoms with E-state index in [1.165, 1.54) is 24.0 Å². The third-order valence-electron chi connectivity index (χ3n) is 2.09. The third kappa shape index (κ3) is 4.08. The molecule has 0 aromatic heterocycles. The van der Waals surface area contributed by atoms with Crippen LogP contribution in [0.5, 0.6) is 0 Å². The van der Waals surface area contributed by atoms with Gasteiger partial charge in [0.15, 0.2) is 0 Å². The molecule has 0 atom stereocenters. The topological polar surface area (TPSA) is 0 Å². The Kier molecular flexibility index (Phi) is 4.77. The average Bonchev–Trinajstić information content (AvgIpc) is 2.25. The van der Waals surface area contributed by atoms with Crippen molar-refractivity contribution in [2.24, 2.45) is 0 Å². The standard InChI is InChI=1S/C14H18/c1-3-4-8-13(2)11-12-14-9-6-5-7-10-14/h5-12H,3-4H2,1-2H3/b12-11+,13-8-. The molecular formula is C14H18. The van der Waals surface area contributed by atoms with Crippen molar-refractivity contribution in [3.8, 4) is 0 Å². The molecule has 1 rings (SSSR count). The molecule has 0 heteroatoms. The zero-order valence-electron chi connectivity index (χ0n) is 9.03. The summed E-state index contributed by atoms with van der Waals surface area (Å²) < 4.78 is 0. The van der Waals surface area contributed by atoms with Crippen LogP contribution in [-0.4, -0.2) is 0 Å². The minimum atomic E-state index is 1.17. The van der Waals surface area contributed by atoms with Crippen LogP contribution in [0.25, 0.3) is 6.08 Å². The van der Waals surface area contributed by atoms with Gasteiger partial charge < -0.3 is 0 Å². The predicted octanol–water partition coefficient (Wildman–Crippen LogP) is 4.45. The molecule has 0 unspecified atom stereocenters. The fourth-order valence-electron chi connectivity index (χ4n) is 1.23. The fourth-order valence-corrected chi connectivity index (χ4v) is 1.23. The van der Waals surface area contributed by atoms with Crippen molar-refractivity contribution >= 4 is 6.08 Å². The van der Waals surface area contributed by atoms with Gasteiger partial charge in [-0.1, -0.05) is 67.5 Å². The second-order valence-electron chi connectivity index (χ2n) is 3.48. The zero-order valence-corrected chi connectivity index (χ0v) is 9.03. The first-order chi connectivity index (χ1) is 6.83. The van der Waals surface area contributed by atoms with Crippen molar-refractivity contribution in [3.05, 3.63) is 53.6 Å². The predicted molar refractivity (Wildman–Crippen MR) is 64.1 cm³/mol. The van der Waals surface area contributed by atoms with Crippen molar-refractivity contribution in [1.29, 1.82) is 0 Å². The van der Waals surface area contributed by atoms with E-state index in [0.717, 1.165) is 0 Å². The molecule has 0 aliphatic carbocycles. The molecule has 0 N–H and O–H groups in total. The molecule has 0 bridgehead atoms. The van der Waals surface area contributed by atoms with Crippen LogP contribution >= 0.6 is 0 Å². The van der Waals surface area contributed by atoms with Gasteiger partial charge in [0.2, 0.25) is 0 Å². The summed E-state index contributed by atoms with van der Waals surface area (Å²) in [6, 6.07) is 10.4. The zero-order chi connectivity index (χ0) is 10.2. The molecule has 0 radical (unpaired) electrons. The number of unbranched alkanes of at least 4 members (excludes halogenated alkanes) is 1.